The Hall–Kier alpha value is -4.14. The number of azide groups is 2. The molecule has 0 saturated carbocycles. The van der Waals surface area contributed by atoms with E-state index in [1.54, 1.807) is 0 Å². The monoisotopic (exact) mass is 328 g/mol. The summed E-state index contributed by atoms with van der Waals surface area (Å²) in [6.07, 6.45) is 0. The summed E-state index contributed by atoms with van der Waals surface area (Å²) in [5.74, 6) is 0. The topological polar surface area (TPSA) is 184 Å². The number of hydrogen-bond acceptors (Lipinski definition) is 6. The first-order chi connectivity index (χ1) is 11.5. The van der Waals surface area contributed by atoms with Gasteiger partial charge in [0, 0.05) is 45.5 Å². The molecule has 0 amide bonds. The van der Waals surface area contributed by atoms with Gasteiger partial charge in [-0.3, -0.25) is 20.2 Å². The number of hydrogen-bond donors (Lipinski definition) is 0. The summed E-state index contributed by atoms with van der Waals surface area (Å²) in [6, 6.07) is 11.0. The van der Waals surface area contributed by atoms with Crippen LogP contribution in [0.1, 0.15) is 0 Å². The molecule has 0 aliphatic heterocycles. The van der Waals surface area contributed by atoms with Gasteiger partial charge in [-0.2, -0.15) is 0 Å². The van der Waals surface area contributed by atoms with Gasteiger partial charge in [-0.1, -0.05) is 34.5 Å². The van der Waals surface area contributed by atoms with Gasteiger partial charge in [0.15, 0.2) is 0 Å². The number of benzene rings is 2. The maximum Gasteiger partial charge on any atom is 0.269 e. The van der Waals surface area contributed by atoms with E-state index in [1.165, 1.54) is 48.5 Å². The highest BCUT2D eigenvalue weighted by Gasteiger charge is 2.04. The first-order valence-electron chi connectivity index (χ1n) is 6.07. The van der Waals surface area contributed by atoms with Crippen LogP contribution in [0.5, 0.6) is 0 Å². The van der Waals surface area contributed by atoms with Crippen LogP contribution in [0.15, 0.2) is 58.8 Å². The van der Waals surface area contributed by atoms with E-state index in [9.17, 15) is 20.2 Å². The lowest BCUT2D eigenvalue weighted by Crippen LogP contribution is -1.85. The van der Waals surface area contributed by atoms with Crippen LogP contribution < -0.4 is 0 Å². The van der Waals surface area contributed by atoms with Crippen LogP contribution in [-0.4, -0.2) is 9.85 Å². The number of rotatable bonds is 4. The highest BCUT2D eigenvalue weighted by Crippen LogP contribution is 2.20. The molecule has 12 heteroatoms. The Balaban J connectivity index is 0.000000240. The number of nitro groups is 2. The van der Waals surface area contributed by atoms with Crippen molar-refractivity contribution in [3.8, 4) is 0 Å². The summed E-state index contributed by atoms with van der Waals surface area (Å²) in [7, 11) is 0. The zero-order valence-corrected chi connectivity index (χ0v) is 11.8. The largest absolute Gasteiger partial charge is 0.269 e. The number of non-ortho nitro benzene ring substituents is 2. The first kappa shape index (κ1) is 17.9. The zero-order chi connectivity index (χ0) is 17.9. The molecule has 2 aromatic carbocycles. The molecule has 0 saturated heterocycles. The van der Waals surface area contributed by atoms with Gasteiger partial charge >= 0.3 is 0 Å². The second kappa shape index (κ2) is 9.00. The van der Waals surface area contributed by atoms with Gasteiger partial charge in [-0.15, -0.1) is 0 Å². The minimum atomic E-state index is -0.545. The molecule has 0 spiro atoms. The minimum Gasteiger partial charge on any atom is -0.258 e. The molecule has 0 aromatic heterocycles. The van der Waals surface area contributed by atoms with Crippen LogP contribution >= 0.6 is 0 Å². The Morgan fingerprint density at radius 3 is 1.46 bits per heavy atom. The highest BCUT2D eigenvalue weighted by molar-refractivity contribution is 5.47. The summed E-state index contributed by atoms with van der Waals surface area (Å²) >= 11 is 0. The summed E-state index contributed by atoms with van der Waals surface area (Å²) < 4.78 is 0. The Morgan fingerprint density at radius 2 is 1.17 bits per heavy atom. The van der Waals surface area contributed by atoms with Crippen LogP contribution in [-0.2, 0) is 0 Å². The molecular weight excluding hydrogens is 320 g/mol. The minimum absolute atomic E-state index is 0.0834. The molecule has 0 atom stereocenters. The Kier molecular flexibility index (Phi) is 6.71. The molecule has 0 N–H and O–H groups in total. The predicted molar refractivity (Wildman–Crippen MR) is 83.8 cm³/mol. The van der Waals surface area contributed by atoms with Crippen molar-refractivity contribution in [2.45, 2.75) is 0 Å². The second-order valence-corrected chi connectivity index (χ2v) is 3.93. The van der Waals surface area contributed by atoms with E-state index in [2.05, 4.69) is 20.1 Å². The molecule has 2 rings (SSSR count). The van der Waals surface area contributed by atoms with E-state index in [-0.39, 0.29) is 22.7 Å². The van der Waals surface area contributed by atoms with Crippen molar-refractivity contribution in [1.82, 2.24) is 0 Å². The van der Waals surface area contributed by atoms with Gasteiger partial charge in [-0.25, -0.2) is 0 Å². The van der Waals surface area contributed by atoms with Crippen LogP contribution in [0.4, 0.5) is 22.7 Å². The lowest BCUT2D eigenvalue weighted by Gasteiger charge is -1.90. The summed E-state index contributed by atoms with van der Waals surface area (Å²) in [5, 5.41) is 26.9. The Morgan fingerprint density at radius 1 is 0.792 bits per heavy atom. The van der Waals surface area contributed by atoms with Crippen LogP contribution in [0.3, 0.4) is 0 Å². The standard InChI is InChI=1S/2C6H4N4O2/c2*7-9-8-5-2-1-3-6(4-5)10(11)12/h2*1-4H. The molecule has 12 nitrogen and oxygen atoms in total. The van der Waals surface area contributed by atoms with Gasteiger partial charge in [0.25, 0.3) is 11.4 Å². The molecule has 0 aliphatic rings. The highest BCUT2D eigenvalue weighted by atomic mass is 16.6. The average Bonchev–Trinajstić information content (AvgIpc) is 2.56. The van der Waals surface area contributed by atoms with Crippen LogP contribution in [0, 0.1) is 20.2 Å². The van der Waals surface area contributed by atoms with E-state index in [1.807, 2.05) is 0 Å². The third-order valence-corrected chi connectivity index (χ3v) is 2.40. The van der Waals surface area contributed by atoms with Crippen molar-refractivity contribution >= 4 is 22.7 Å². The quantitative estimate of drug-likeness (QED) is 0.249. The molecule has 0 radical (unpaired) electrons. The normalized spacial score (nSPS) is 8.67. The van der Waals surface area contributed by atoms with Crippen molar-refractivity contribution < 1.29 is 9.85 Å². The smallest absolute Gasteiger partial charge is 0.258 e. The fourth-order valence-electron chi connectivity index (χ4n) is 1.44. The summed E-state index contributed by atoms with van der Waals surface area (Å²) in [4.78, 5) is 24.4. The van der Waals surface area contributed by atoms with Gasteiger partial charge in [0.1, 0.15) is 0 Å². The maximum atomic E-state index is 10.2. The van der Waals surface area contributed by atoms with E-state index in [0.29, 0.717) is 0 Å². The molecule has 0 fully saturated rings. The molecule has 24 heavy (non-hydrogen) atoms. The zero-order valence-electron chi connectivity index (χ0n) is 11.8. The van der Waals surface area contributed by atoms with Crippen molar-refractivity contribution in [2.75, 3.05) is 0 Å². The van der Waals surface area contributed by atoms with Gasteiger partial charge in [-0.05, 0) is 11.1 Å². The molecular formula is C12H8N8O4. The number of nitrogens with zero attached hydrogens (tertiary/aromatic N) is 8. The van der Waals surface area contributed by atoms with E-state index in [0.717, 1.165) is 0 Å². The van der Waals surface area contributed by atoms with Crippen molar-refractivity contribution in [2.24, 2.45) is 10.2 Å². The third kappa shape index (κ3) is 5.69. The molecule has 0 aliphatic carbocycles. The number of nitro benzene ring substituents is 2. The molecule has 120 valence electrons. The van der Waals surface area contributed by atoms with E-state index in [4.69, 9.17) is 11.1 Å². The van der Waals surface area contributed by atoms with Crippen molar-refractivity contribution in [3.05, 3.63) is 89.6 Å². The molecule has 0 unspecified atom stereocenters. The van der Waals surface area contributed by atoms with Gasteiger partial charge in [0.2, 0.25) is 0 Å². The maximum absolute atomic E-state index is 10.2. The van der Waals surface area contributed by atoms with E-state index < -0.39 is 9.85 Å². The Bertz CT molecular complexity index is 750. The third-order valence-electron chi connectivity index (χ3n) is 2.40. The predicted octanol–water partition coefficient (Wildman–Crippen LogP) is 5.07. The van der Waals surface area contributed by atoms with Crippen molar-refractivity contribution in [3.63, 3.8) is 0 Å². The fraction of sp³-hybridized carbons (Fsp3) is 0. The molecule has 2 aromatic rings. The van der Waals surface area contributed by atoms with Crippen molar-refractivity contribution in [1.29, 1.82) is 0 Å². The lowest BCUT2D eigenvalue weighted by molar-refractivity contribution is -0.385. The summed E-state index contributed by atoms with van der Waals surface area (Å²) in [6.45, 7) is 0. The first-order valence-corrected chi connectivity index (χ1v) is 6.07. The van der Waals surface area contributed by atoms with Crippen LogP contribution in [0.25, 0.3) is 20.9 Å². The van der Waals surface area contributed by atoms with Gasteiger partial charge < -0.3 is 0 Å². The second-order valence-electron chi connectivity index (χ2n) is 3.93. The lowest BCUT2D eigenvalue weighted by atomic mass is 10.3. The van der Waals surface area contributed by atoms with Crippen LogP contribution in [0.2, 0.25) is 0 Å². The Labute approximate surface area is 133 Å². The fourth-order valence-corrected chi connectivity index (χ4v) is 1.44. The summed E-state index contributed by atoms with van der Waals surface area (Å²) in [5.41, 5.74) is 16.4. The van der Waals surface area contributed by atoms with E-state index >= 15 is 0 Å². The molecule has 0 bridgehead atoms. The SMILES string of the molecule is [N-]=[N+]=Nc1cccc([N+](=O)[O-])c1.[N-]=[N+]=Nc1cccc([N+](=O)[O-])c1. The van der Waals surface area contributed by atoms with Gasteiger partial charge in [0.05, 0.1) is 9.85 Å². The molecule has 0 heterocycles. The average molecular weight is 328 g/mol.